The number of phenolic OH excluding ortho intramolecular Hbond substituents is 3. The second kappa shape index (κ2) is 7.43. The number of aromatic hydroxyl groups is 3. The number of nitrogens with one attached hydrogen (secondary N) is 1. The maximum atomic E-state index is 10.1. The van der Waals surface area contributed by atoms with Crippen LogP contribution in [0, 0.1) is 5.92 Å². The average Bonchev–Trinajstić information content (AvgIpc) is 2.95. The molecule has 0 unspecified atom stereocenters. The van der Waals surface area contributed by atoms with E-state index in [1.54, 1.807) is 12.1 Å². The molecular formula is C17H19BrClNO3. The fourth-order valence-corrected chi connectivity index (χ4v) is 3.31. The third kappa shape index (κ3) is 3.74. The molecule has 3 rings (SSSR count). The van der Waals surface area contributed by atoms with Crippen LogP contribution in [0.4, 0.5) is 0 Å². The molecule has 0 aliphatic carbocycles. The van der Waals surface area contributed by atoms with Gasteiger partial charge in [-0.15, -0.1) is 17.0 Å². The molecule has 1 fully saturated rings. The predicted octanol–water partition coefficient (Wildman–Crippen LogP) is 3.58. The Balaban J connectivity index is 0.00000192. The van der Waals surface area contributed by atoms with Gasteiger partial charge in [0, 0.05) is 12.5 Å². The van der Waals surface area contributed by atoms with E-state index in [1.807, 2.05) is 18.2 Å². The van der Waals surface area contributed by atoms with E-state index in [2.05, 4.69) is 5.32 Å². The lowest BCUT2D eigenvalue weighted by Crippen LogP contribution is -2.14. The molecule has 2 aromatic rings. The molecule has 6 heteroatoms. The van der Waals surface area contributed by atoms with Gasteiger partial charge < -0.3 is 20.6 Å². The topological polar surface area (TPSA) is 72.7 Å². The standard InChI is InChI=1S/C17H18ClNO3.BrH/c18-14-3-1-2-11(17(14)22)6-12-8-19-9-13(12)10-4-5-15(20)16(21)7-10;/h1-5,7,12-13,19-22H,6,8-9H2;1H/t12-,13+;/m1./s1. The summed E-state index contributed by atoms with van der Waals surface area (Å²) in [6.07, 6.45) is 0.700. The van der Waals surface area contributed by atoms with Crippen LogP contribution in [0.2, 0.25) is 5.02 Å². The molecule has 0 spiro atoms. The van der Waals surface area contributed by atoms with Crippen molar-refractivity contribution in [1.82, 2.24) is 5.32 Å². The van der Waals surface area contributed by atoms with E-state index < -0.39 is 0 Å². The van der Waals surface area contributed by atoms with Gasteiger partial charge in [0.2, 0.25) is 0 Å². The van der Waals surface area contributed by atoms with Crippen molar-refractivity contribution < 1.29 is 15.3 Å². The Hall–Kier alpha value is -1.43. The summed E-state index contributed by atoms with van der Waals surface area (Å²) in [5.74, 6) is 0.425. The van der Waals surface area contributed by atoms with Crippen LogP contribution in [0.15, 0.2) is 36.4 Å². The van der Waals surface area contributed by atoms with Crippen LogP contribution in [0.1, 0.15) is 17.0 Å². The lowest BCUT2D eigenvalue weighted by Gasteiger charge is -2.20. The predicted molar refractivity (Wildman–Crippen MR) is 96.0 cm³/mol. The molecule has 23 heavy (non-hydrogen) atoms. The molecule has 0 bridgehead atoms. The molecule has 124 valence electrons. The summed E-state index contributed by atoms with van der Waals surface area (Å²) in [7, 11) is 0. The quantitative estimate of drug-likeness (QED) is 0.594. The SMILES string of the molecule is Br.Oc1ccc([C@@H]2CNC[C@H]2Cc2cccc(Cl)c2O)cc1O. The minimum absolute atomic E-state index is 0. The van der Waals surface area contributed by atoms with Gasteiger partial charge in [0.05, 0.1) is 5.02 Å². The third-order valence-electron chi connectivity index (χ3n) is 4.32. The zero-order valence-corrected chi connectivity index (χ0v) is 14.8. The van der Waals surface area contributed by atoms with Crippen molar-refractivity contribution in [3.8, 4) is 17.2 Å². The first kappa shape index (κ1) is 17.9. The monoisotopic (exact) mass is 399 g/mol. The fraction of sp³-hybridized carbons (Fsp3) is 0.294. The molecule has 2 aromatic carbocycles. The largest absolute Gasteiger partial charge is 0.506 e. The zero-order chi connectivity index (χ0) is 15.7. The van der Waals surface area contributed by atoms with Gasteiger partial charge in [-0.1, -0.05) is 29.8 Å². The van der Waals surface area contributed by atoms with Crippen LogP contribution >= 0.6 is 28.6 Å². The minimum atomic E-state index is -0.112. The number of para-hydroxylation sites is 1. The van der Waals surface area contributed by atoms with E-state index in [0.29, 0.717) is 11.4 Å². The van der Waals surface area contributed by atoms with Gasteiger partial charge in [0.25, 0.3) is 0 Å². The normalized spacial score (nSPS) is 20.2. The molecule has 4 N–H and O–H groups in total. The maximum absolute atomic E-state index is 10.1. The minimum Gasteiger partial charge on any atom is -0.506 e. The van der Waals surface area contributed by atoms with Gasteiger partial charge in [-0.2, -0.15) is 0 Å². The lowest BCUT2D eigenvalue weighted by molar-refractivity contribution is 0.401. The number of rotatable bonds is 3. The Labute approximate surface area is 150 Å². The Bertz CT molecular complexity index is 696. The first-order valence-electron chi connectivity index (χ1n) is 7.25. The Morgan fingerprint density at radius 2 is 1.83 bits per heavy atom. The third-order valence-corrected chi connectivity index (χ3v) is 4.62. The summed E-state index contributed by atoms with van der Waals surface area (Å²) in [6.45, 7) is 1.63. The van der Waals surface area contributed by atoms with Crippen LogP contribution < -0.4 is 5.32 Å². The van der Waals surface area contributed by atoms with E-state index in [0.717, 1.165) is 24.2 Å². The van der Waals surface area contributed by atoms with Crippen LogP contribution in [0.5, 0.6) is 17.2 Å². The Kier molecular flexibility index (Phi) is 5.79. The van der Waals surface area contributed by atoms with Gasteiger partial charge >= 0.3 is 0 Å². The molecule has 0 amide bonds. The van der Waals surface area contributed by atoms with Crippen molar-refractivity contribution in [2.45, 2.75) is 12.3 Å². The summed E-state index contributed by atoms with van der Waals surface area (Å²) in [5, 5.41) is 32.9. The highest BCUT2D eigenvalue weighted by Crippen LogP contribution is 2.37. The summed E-state index contributed by atoms with van der Waals surface area (Å²) >= 11 is 5.96. The average molecular weight is 401 g/mol. The summed E-state index contributed by atoms with van der Waals surface area (Å²) in [6, 6.07) is 10.3. The van der Waals surface area contributed by atoms with Crippen molar-refractivity contribution in [3.63, 3.8) is 0 Å². The first-order valence-corrected chi connectivity index (χ1v) is 7.63. The van der Waals surface area contributed by atoms with E-state index >= 15 is 0 Å². The summed E-state index contributed by atoms with van der Waals surface area (Å²) < 4.78 is 0. The van der Waals surface area contributed by atoms with Crippen molar-refractivity contribution in [1.29, 1.82) is 0 Å². The highest BCUT2D eigenvalue weighted by Gasteiger charge is 2.29. The second-order valence-corrected chi connectivity index (χ2v) is 6.13. The van der Waals surface area contributed by atoms with Crippen LogP contribution in [0.25, 0.3) is 0 Å². The summed E-state index contributed by atoms with van der Waals surface area (Å²) in [5.41, 5.74) is 1.81. The van der Waals surface area contributed by atoms with Gasteiger partial charge in [-0.3, -0.25) is 0 Å². The maximum Gasteiger partial charge on any atom is 0.157 e. The second-order valence-electron chi connectivity index (χ2n) is 5.72. The lowest BCUT2D eigenvalue weighted by atomic mass is 9.84. The van der Waals surface area contributed by atoms with E-state index in [-0.39, 0.29) is 46.1 Å². The first-order chi connectivity index (χ1) is 10.6. The Morgan fingerprint density at radius 1 is 1.04 bits per heavy atom. The number of benzene rings is 2. The van der Waals surface area contributed by atoms with Gasteiger partial charge in [-0.05, 0) is 48.2 Å². The molecule has 1 saturated heterocycles. The molecule has 1 aliphatic rings. The van der Waals surface area contributed by atoms with Crippen molar-refractivity contribution in [2.24, 2.45) is 5.92 Å². The van der Waals surface area contributed by atoms with Crippen molar-refractivity contribution in [3.05, 3.63) is 52.5 Å². The fourth-order valence-electron chi connectivity index (χ4n) is 3.12. The zero-order valence-electron chi connectivity index (χ0n) is 12.4. The molecule has 0 saturated carbocycles. The summed E-state index contributed by atoms with van der Waals surface area (Å²) in [4.78, 5) is 0. The van der Waals surface area contributed by atoms with Crippen LogP contribution in [0.3, 0.4) is 0 Å². The molecular weight excluding hydrogens is 382 g/mol. The molecule has 1 aliphatic heterocycles. The van der Waals surface area contributed by atoms with Gasteiger partial charge in [0.1, 0.15) is 5.75 Å². The highest BCUT2D eigenvalue weighted by molar-refractivity contribution is 8.93. The molecule has 0 aromatic heterocycles. The number of halogens is 2. The molecule has 0 radical (unpaired) electrons. The van der Waals surface area contributed by atoms with Gasteiger partial charge in [0.15, 0.2) is 11.5 Å². The van der Waals surface area contributed by atoms with E-state index in [4.69, 9.17) is 11.6 Å². The number of hydrogen-bond donors (Lipinski definition) is 4. The van der Waals surface area contributed by atoms with Crippen molar-refractivity contribution >= 4 is 28.6 Å². The van der Waals surface area contributed by atoms with E-state index in [1.165, 1.54) is 6.07 Å². The molecule has 1 heterocycles. The molecule has 2 atom stereocenters. The van der Waals surface area contributed by atoms with Gasteiger partial charge in [-0.25, -0.2) is 0 Å². The Morgan fingerprint density at radius 3 is 2.57 bits per heavy atom. The smallest absolute Gasteiger partial charge is 0.157 e. The van der Waals surface area contributed by atoms with Crippen molar-refractivity contribution in [2.75, 3.05) is 13.1 Å². The number of hydrogen-bond acceptors (Lipinski definition) is 4. The van der Waals surface area contributed by atoms with Crippen LogP contribution in [-0.2, 0) is 6.42 Å². The molecule has 4 nitrogen and oxygen atoms in total. The highest BCUT2D eigenvalue weighted by atomic mass is 79.9. The van der Waals surface area contributed by atoms with Crippen LogP contribution in [-0.4, -0.2) is 28.4 Å². The number of phenols is 3. The van der Waals surface area contributed by atoms with E-state index in [9.17, 15) is 15.3 Å².